The number of sulfonamides is 1. The highest BCUT2D eigenvalue weighted by atomic mass is 32.2. The summed E-state index contributed by atoms with van der Waals surface area (Å²) in [6.45, 7) is 0.557. The number of pyridine rings is 1. The van der Waals surface area contributed by atoms with Crippen molar-refractivity contribution in [2.24, 2.45) is 0 Å². The fraction of sp³-hybridized carbons (Fsp3) is 0.214. The van der Waals surface area contributed by atoms with Crippen molar-refractivity contribution in [3.63, 3.8) is 0 Å². The van der Waals surface area contributed by atoms with Crippen molar-refractivity contribution in [1.29, 1.82) is 0 Å². The summed E-state index contributed by atoms with van der Waals surface area (Å²) in [4.78, 5) is 3.98. The van der Waals surface area contributed by atoms with Gasteiger partial charge in [-0.3, -0.25) is 4.72 Å². The normalized spacial score (nSPS) is 11.1. The van der Waals surface area contributed by atoms with Gasteiger partial charge in [0.05, 0.1) is 18.1 Å². The van der Waals surface area contributed by atoms with E-state index in [4.69, 9.17) is 0 Å². The topological polar surface area (TPSA) is 71.1 Å². The summed E-state index contributed by atoms with van der Waals surface area (Å²) in [5.41, 5.74) is 1.39. The molecule has 1 heterocycles. The summed E-state index contributed by atoms with van der Waals surface area (Å²) >= 11 is 0. The molecule has 7 heteroatoms. The van der Waals surface area contributed by atoms with E-state index in [1.54, 1.807) is 30.3 Å². The number of nitrogens with zero attached hydrogens (tertiary/aromatic N) is 1. The van der Waals surface area contributed by atoms with Gasteiger partial charge in [-0.25, -0.2) is 17.8 Å². The van der Waals surface area contributed by atoms with Crippen molar-refractivity contribution in [2.75, 3.05) is 22.8 Å². The van der Waals surface area contributed by atoms with E-state index in [9.17, 15) is 12.8 Å². The molecule has 2 rings (SSSR count). The highest BCUT2D eigenvalue weighted by Gasteiger charge is 2.03. The minimum Gasteiger partial charge on any atom is -0.383 e. The Kier molecular flexibility index (Phi) is 4.74. The van der Waals surface area contributed by atoms with E-state index in [0.717, 1.165) is 11.9 Å². The second-order valence-corrected chi connectivity index (χ2v) is 6.32. The third-order valence-electron chi connectivity index (χ3n) is 2.73. The van der Waals surface area contributed by atoms with E-state index in [1.165, 1.54) is 12.3 Å². The third kappa shape index (κ3) is 5.03. The first kappa shape index (κ1) is 15.2. The van der Waals surface area contributed by atoms with E-state index >= 15 is 0 Å². The summed E-state index contributed by atoms with van der Waals surface area (Å²) < 4.78 is 37.8. The SMILES string of the molecule is CS(=O)(=O)Nc1ccc(NCCc2ccccc2F)cn1. The molecular formula is C14H16FN3O2S. The Balaban J connectivity index is 1.88. The summed E-state index contributed by atoms with van der Waals surface area (Å²) in [5.74, 6) is 0.0438. The van der Waals surface area contributed by atoms with Crippen LogP contribution in [-0.4, -0.2) is 26.2 Å². The Morgan fingerprint density at radius 1 is 1.19 bits per heavy atom. The number of benzene rings is 1. The number of nitrogens with one attached hydrogen (secondary N) is 2. The van der Waals surface area contributed by atoms with Gasteiger partial charge in [-0.2, -0.15) is 0 Å². The molecule has 2 N–H and O–H groups in total. The molecule has 1 aromatic carbocycles. The maximum Gasteiger partial charge on any atom is 0.230 e. The quantitative estimate of drug-likeness (QED) is 0.858. The molecule has 5 nitrogen and oxygen atoms in total. The molecule has 0 aliphatic heterocycles. The molecule has 0 radical (unpaired) electrons. The van der Waals surface area contributed by atoms with E-state index in [-0.39, 0.29) is 11.6 Å². The smallest absolute Gasteiger partial charge is 0.230 e. The van der Waals surface area contributed by atoms with Gasteiger partial charge in [0.1, 0.15) is 11.6 Å². The summed E-state index contributed by atoms with van der Waals surface area (Å²) in [6, 6.07) is 9.90. The number of halogens is 1. The monoisotopic (exact) mass is 309 g/mol. The second kappa shape index (κ2) is 6.53. The molecular weight excluding hydrogens is 293 g/mol. The maximum absolute atomic E-state index is 13.4. The predicted molar refractivity (Wildman–Crippen MR) is 81.3 cm³/mol. The molecule has 21 heavy (non-hydrogen) atoms. The highest BCUT2D eigenvalue weighted by molar-refractivity contribution is 7.92. The van der Waals surface area contributed by atoms with Gasteiger partial charge in [0.15, 0.2) is 0 Å². The molecule has 0 spiro atoms. The van der Waals surface area contributed by atoms with Crippen LogP contribution in [0.5, 0.6) is 0 Å². The molecule has 1 aromatic heterocycles. The minimum absolute atomic E-state index is 0.217. The molecule has 0 saturated carbocycles. The zero-order valence-electron chi connectivity index (χ0n) is 11.5. The van der Waals surface area contributed by atoms with E-state index in [0.29, 0.717) is 18.5 Å². The van der Waals surface area contributed by atoms with E-state index in [2.05, 4.69) is 15.0 Å². The van der Waals surface area contributed by atoms with Crippen LogP contribution in [0.15, 0.2) is 42.6 Å². The molecule has 0 fully saturated rings. The fourth-order valence-electron chi connectivity index (χ4n) is 1.79. The van der Waals surface area contributed by atoms with Gasteiger partial charge in [0, 0.05) is 6.54 Å². The average molecular weight is 309 g/mol. The molecule has 2 aromatic rings. The molecule has 112 valence electrons. The Bertz CT molecular complexity index is 702. The first-order valence-corrected chi connectivity index (χ1v) is 8.24. The predicted octanol–water partition coefficient (Wildman–Crippen LogP) is 2.25. The van der Waals surface area contributed by atoms with Gasteiger partial charge in [0.25, 0.3) is 0 Å². The van der Waals surface area contributed by atoms with Crippen molar-refractivity contribution in [1.82, 2.24) is 4.98 Å². The number of rotatable bonds is 6. The maximum atomic E-state index is 13.4. The largest absolute Gasteiger partial charge is 0.383 e. The van der Waals surface area contributed by atoms with Crippen LogP contribution in [0.2, 0.25) is 0 Å². The molecule has 0 bridgehead atoms. The minimum atomic E-state index is -3.32. The fourth-order valence-corrected chi connectivity index (χ4v) is 2.29. The Labute approximate surface area is 123 Å². The van der Waals surface area contributed by atoms with Crippen molar-refractivity contribution >= 4 is 21.5 Å². The van der Waals surface area contributed by atoms with Gasteiger partial charge < -0.3 is 5.32 Å². The van der Waals surface area contributed by atoms with Crippen LogP contribution in [0.4, 0.5) is 15.9 Å². The van der Waals surface area contributed by atoms with E-state index < -0.39 is 10.0 Å². The summed E-state index contributed by atoms with van der Waals surface area (Å²) in [7, 11) is -3.32. The third-order valence-corrected chi connectivity index (χ3v) is 3.31. The zero-order chi connectivity index (χ0) is 15.3. The van der Waals surface area contributed by atoms with E-state index in [1.807, 2.05) is 0 Å². The van der Waals surface area contributed by atoms with Crippen LogP contribution in [0.25, 0.3) is 0 Å². The van der Waals surface area contributed by atoms with Gasteiger partial charge in [-0.05, 0) is 30.2 Å². The number of hydrogen-bond acceptors (Lipinski definition) is 4. The lowest BCUT2D eigenvalue weighted by molar-refractivity contribution is 0.606. The lowest BCUT2D eigenvalue weighted by atomic mass is 10.1. The van der Waals surface area contributed by atoms with Gasteiger partial charge >= 0.3 is 0 Å². The standard InChI is InChI=1S/C14H16FN3O2S/c1-21(19,20)18-14-7-6-12(10-17-14)16-9-8-11-4-2-3-5-13(11)15/h2-7,10,16H,8-9H2,1H3,(H,17,18). The Hall–Kier alpha value is -2.15. The number of hydrogen-bond donors (Lipinski definition) is 2. The Morgan fingerprint density at radius 3 is 2.57 bits per heavy atom. The zero-order valence-corrected chi connectivity index (χ0v) is 12.3. The first-order valence-electron chi connectivity index (χ1n) is 6.35. The molecule has 0 unspecified atom stereocenters. The first-order chi connectivity index (χ1) is 9.94. The average Bonchev–Trinajstić information content (AvgIpc) is 2.41. The van der Waals surface area contributed by atoms with Crippen LogP contribution < -0.4 is 10.0 Å². The van der Waals surface area contributed by atoms with Crippen LogP contribution in [0.1, 0.15) is 5.56 Å². The molecule has 0 aliphatic rings. The van der Waals surface area contributed by atoms with Crippen molar-refractivity contribution in [3.8, 4) is 0 Å². The highest BCUT2D eigenvalue weighted by Crippen LogP contribution is 2.12. The van der Waals surface area contributed by atoms with Crippen molar-refractivity contribution < 1.29 is 12.8 Å². The van der Waals surface area contributed by atoms with Crippen LogP contribution in [0.3, 0.4) is 0 Å². The number of aromatic nitrogens is 1. The lowest BCUT2D eigenvalue weighted by Crippen LogP contribution is -2.11. The Morgan fingerprint density at radius 2 is 1.95 bits per heavy atom. The molecule has 0 aliphatic carbocycles. The molecule has 0 amide bonds. The second-order valence-electron chi connectivity index (χ2n) is 4.57. The van der Waals surface area contributed by atoms with Crippen molar-refractivity contribution in [3.05, 3.63) is 54.0 Å². The molecule has 0 atom stereocenters. The lowest BCUT2D eigenvalue weighted by Gasteiger charge is -2.08. The summed E-state index contributed by atoms with van der Waals surface area (Å²) in [6.07, 6.45) is 3.14. The number of anilines is 2. The summed E-state index contributed by atoms with van der Waals surface area (Å²) in [5, 5.41) is 3.10. The molecule has 0 saturated heterocycles. The van der Waals surface area contributed by atoms with Crippen LogP contribution in [0, 0.1) is 5.82 Å². The van der Waals surface area contributed by atoms with Gasteiger partial charge in [-0.1, -0.05) is 18.2 Å². The van der Waals surface area contributed by atoms with Crippen LogP contribution >= 0.6 is 0 Å². The van der Waals surface area contributed by atoms with Crippen molar-refractivity contribution in [2.45, 2.75) is 6.42 Å². The van der Waals surface area contributed by atoms with Gasteiger partial charge in [-0.15, -0.1) is 0 Å². The van der Waals surface area contributed by atoms with Gasteiger partial charge in [0.2, 0.25) is 10.0 Å². The van der Waals surface area contributed by atoms with Crippen LogP contribution in [-0.2, 0) is 16.4 Å².